The predicted octanol–water partition coefficient (Wildman–Crippen LogP) is 5.36. The Labute approximate surface area is 175 Å². The maximum absolute atomic E-state index is 13.3. The van der Waals surface area contributed by atoms with Crippen molar-refractivity contribution in [1.29, 1.82) is 0 Å². The SMILES string of the molecule is Cc1c(C(=O)NC(c2ccccc2)C23CCC(CC2)CN3C)cccc1C(F)(F)F. The molecule has 1 amide bonds. The summed E-state index contributed by atoms with van der Waals surface area (Å²) in [7, 11) is 2.10. The summed E-state index contributed by atoms with van der Waals surface area (Å²) in [6.45, 7) is 2.35. The lowest BCUT2D eigenvalue weighted by Gasteiger charge is -2.57. The maximum atomic E-state index is 13.3. The first-order valence-electron chi connectivity index (χ1n) is 10.5. The van der Waals surface area contributed by atoms with Crippen molar-refractivity contribution in [1.82, 2.24) is 10.2 Å². The van der Waals surface area contributed by atoms with Crippen LogP contribution in [0.25, 0.3) is 0 Å². The number of fused-ring (bicyclic) bond motifs is 3. The Kier molecular flexibility index (Phi) is 5.39. The van der Waals surface area contributed by atoms with E-state index in [0.29, 0.717) is 5.92 Å². The first kappa shape index (κ1) is 20.9. The van der Waals surface area contributed by atoms with E-state index in [4.69, 9.17) is 0 Å². The van der Waals surface area contributed by atoms with Gasteiger partial charge in [0.15, 0.2) is 0 Å². The van der Waals surface area contributed by atoms with Crippen LogP contribution < -0.4 is 5.32 Å². The van der Waals surface area contributed by atoms with E-state index in [1.807, 2.05) is 30.3 Å². The van der Waals surface area contributed by atoms with Gasteiger partial charge in [0.05, 0.1) is 11.6 Å². The fraction of sp³-hybridized carbons (Fsp3) is 0.458. The molecule has 160 valence electrons. The number of carbonyl (C=O) groups excluding carboxylic acids is 1. The van der Waals surface area contributed by atoms with Crippen molar-refractivity contribution in [2.24, 2.45) is 5.92 Å². The molecule has 1 atom stereocenters. The highest BCUT2D eigenvalue weighted by molar-refractivity contribution is 5.96. The van der Waals surface area contributed by atoms with Gasteiger partial charge >= 0.3 is 6.18 Å². The summed E-state index contributed by atoms with van der Waals surface area (Å²) in [5, 5.41) is 3.14. The van der Waals surface area contributed by atoms with E-state index in [-0.39, 0.29) is 22.7 Å². The molecule has 3 fully saturated rings. The van der Waals surface area contributed by atoms with Crippen molar-refractivity contribution in [3.63, 3.8) is 0 Å². The summed E-state index contributed by atoms with van der Waals surface area (Å²) in [4.78, 5) is 15.6. The molecule has 1 unspecified atom stereocenters. The van der Waals surface area contributed by atoms with Gasteiger partial charge in [0.2, 0.25) is 0 Å². The monoisotopic (exact) mass is 416 g/mol. The topological polar surface area (TPSA) is 32.3 Å². The van der Waals surface area contributed by atoms with E-state index < -0.39 is 17.6 Å². The third kappa shape index (κ3) is 3.62. The fourth-order valence-corrected chi connectivity index (χ4v) is 5.39. The summed E-state index contributed by atoms with van der Waals surface area (Å²) >= 11 is 0. The second-order valence-electron chi connectivity index (χ2n) is 8.72. The summed E-state index contributed by atoms with van der Waals surface area (Å²) in [5.74, 6) is 0.234. The van der Waals surface area contributed by atoms with Gasteiger partial charge in [-0.3, -0.25) is 9.69 Å². The van der Waals surface area contributed by atoms with Crippen LogP contribution in [0.2, 0.25) is 0 Å². The molecular weight excluding hydrogens is 389 g/mol. The van der Waals surface area contributed by atoms with Crippen molar-refractivity contribution in [3.05, 3.63) is 70.8 Å². The minimum absolute atomic E-state index is 0.0347. The highest BCUT2D eigenvalue weighted by Crippen LogP contribution is 2.49. The van der Waals surface area contributed by atoms with Crippen LogP contribution in [0.5, 0.6) is 0 Å². The van der Waals surface area contributed by atoms with E-state index in [0.717, 1.165) is 43.9 Å². The van der Waals surface area contributed by atoms with Crippen LogP contribution >= 0.6 is 0 Å². The zero-order valence-electron chi connectivity index (χ0n) is 17.3. The Bertz CT molecular complexity index is 918. The van der Waals surface area contributed by atoms with Crippen molar-refractivity contribution in [2.45, 2.75) is 50.4 Å². The number of rotatable bonds is 4. The average Bonchev–Trinajstić information content (AvgIpc) is 2.72. The highest BCUT2D eigenvalue weighted by Gasteiger charge is 2.50. The van der Waals surface area contributed by atoms with Crippen LogP contribution in [0.1, 0.15) is 58.8 Å². The summed E-state index contributed by atoms with van der Waals surface area (Å²) in [5.41, 5.74) is 0.0470. The molecule has 6 heteroatoms. The molecule has 2 aliphatic heterocycles. The van der Waals surface area contributed by atoms with Crippen LogP contribution in [-0.2, 0) is 6.18 Å². The smallest absolute Gasteiger partial charge is 0.343 e. The number of carbonyl (C=O) groups is 1. The van der Waals surface area contributed by atoms with Crippen LogP contribution in [0.15, 0.2) is 48.5 Å². The lowest BCUT2D eigenvalue weighted by atomic mass is 9.65. The molecule has 5 rings (SSSR count). The number of likely N-dealkylation sites (N-methyl/N-ethyl adjacent to an activating group) is 1. The summed E-state index contributed by atoms with van der Waals surface area (Å²) < 4.78 is 40.0. The normalized spacial score (nSPS) is 25.2. The number of nitrogens with one attached hydrogen (secondary N) is 1. The van der Waals surface area contributed by atoms with E-state index in [9.17, 15) is 18.0 Å². The van der Waals surface area contributed by atoms with Crippen LogP contribution in [0.4, 0.5) is 13.2 Å². The molecule has 2 aromatic carbocycles. The first-order valence-corrected chi connectivity index (χ1v) is 10.5. The van der Waals surface area contributed by atoms with Gasteiger partial charge in [-0.2, -0.15) is 13.2 Å². The number of halogens is 3. The van der Waals surface area contributed by atoms with Gasteiger partial charge in [0.1, 0.15) is 0 Å². The zero-order chi connectivity index (χ0) is 21.5. The Balaban J connectivity index is 1.71. The Hall–Kier alpha value is -2.34. The number of benzene rings is 2. The number of nitrogens with zero attached hydrogens (tertiary/aromatic N) is 1. The van der Waals surface area contributed by atoms with Crippen LogP contribution in [-0.4, -0.2) is 29.9 Å². The molecule has 0 spiro atoms. The number of amides is 1. The molecular formula is C24H27F3N2O. The second kappa shape index (κ2) is 7.73. The van der Waals surface area contributed by atoms with E-state index in [1.54, 1.807) is 0 Å². The zero-order valence-corrected chi connectivity index (χ0v) is 17.3. The van der Waals surface area contributed by atoms with Gasteiger partial charge in [-0.05, 0) is 68.8 Å². The van der Waals surface area contributed by atoms with Crippen LogP contribution in [0.3, 0.4) is 0 Å². The Morgan fingerprint density at radius 1 is 1.10 bits per heavy atom. The van der Waals surface area contributed by atoms with Crippen molar-refractivity contribution in [3.8, 4) is 0 Å². The number of piperidine rings is 2. The van der Waals surface area contributed by atoms with Gasteiger partial charge in [-0.15, -0.1) is 0 Å². The molecule has 1 N–H and O–H groups in total. The lowest BCUT2D eigenvalue weighted by molar-refractivity contribution is -0.138. The average molecular weight is 416 g/mol. The van der Waals surface area contributed by atoms with Crippen molar-refractivity contribution >= 4 is 5.91 Å². The Morgan fingerprint density at radius 2 is 1.77 bits per heavy atom. The molecule has 1 saturated carbocycles. The molecule has 3 nitrogen and oxygen atoms in total. The van der Waals surface area contributed by atoms with E-state index >= 15 is 0 Å². The van der Waals surface area contributed by atoms with Gasteiger partial charge in [-0.25, -0.2) is 0 Å². The molecule has 2 aromatic rings. The Morgan fingerprint density at radius 3 is 2.37 bits per heavy atom. The molecule has 3 aliphatic rings. The standard InChI is InChI=1S/C24H27F3N2O/c1-16-19(9-6-10-20(16)24(25,26)27)22(30)28-21(18-7-4-3-5-8-18)23-13-11-17(12-14-23)15-29(23)2/h3-10,17,21H,11-15H2,1-2H3,(H,28,30). The van der Waals surface area contributed by atoms with Gasteiger partial charge < -0.3 is 5.32 Å². The molecule has 0 aromatic heterocycles. The maximum Gasteiger partial charge on any atom is 0.416 e. The second-order valence-corrected chi connectivity index (χ2v) is 8.72. The first-order chi connectivity index (χ1) is 14.2. The van der Waals surface area contributed by atoms with Gasteiger partial charge in [-0.1, -0.05) is 36.4 Å². The van der Waals surface area contributed by atoms with E-state index in [1.165, 1.54) is 19.1 Å². The molecule has 30 heavy (non-hydrogen) atoms. The molecule has 2 saturated heterocycles. The van der Waals surface area contributed by atoms with E-state index in [2.05, 4.69) is 17.3 Å². The molecule has 0 radical (unpaired) electrons. The third-order valence-electron chi connectivity index (χ3n) is 7.09. The molecule has 1 aliphatic carbocycles. The van der Waals surface area contributed by atoms with Crippen molar-refractivity contribution < 1.29 is 18.0 Å². The lowest BCUT2D eigenvalue weighted by Crippen LogP contribution is -2.62. The van der Waals surface area contributed by atoms with Gasteiger partial charge in [0, 0.05) is 17.6 Å². The predicted molar refractivity (Wildman–Crippen MR) is 110 cm³/mol. The minimum Gasteiger partial charge on any atom is -0.343 e. The number of hydrogen-bond acceptors (Lipinski definition) is 2. The largest absolute Gasteiger partial charge is 0.416 e. The number of hydrogen-bond donors (Lipinski definition) is 1. The van der Waals surface area contributed by atoms with Crippen LogP contribution in [0, 0.1) is 12.8 Å². The summed E-state index contributed by atoms with van der Waals surface area (Å²) in [6, 6.07) is 13.3. The fourth-order valence-electron chi connectivity index (χ4n) is 5.39. The molecule has 2 heterocycles. The third-order valence-corrected chi connectivity index (χ3v) is 7.09. The van der Waals surface area contributed by atoms with Crippen molar-refractivity contribution in [2.75, 3.05) is 13.6 Å². The highest BCUT2D eigenvalue weighted by atomic mass is 19.4. The number of alkyl halides is 3. The molecule has 2 bridgehead atoms. The minimum atomic E-state index is -4.49. The van der Waals surface area contributed by atoms with Gasteiger partial charge in [0.25, 0.3) is 5.91 Å². The summed E-state index contributed by atoms with van der Waals surface area (Å²) in [6.07, 6.45) is -0.316. The quantitative estimate of drug-likeness (QED) is 0.728.